The van der Waals surface area contributed by atoms with E-state index in [-0.39, 0.29) is 10.8 Å². The Kier molecular flexibility index (Phi) is 4.64. The standard InChI is InChI=1S/C27H33NO/c1-26(2,3)21-12-18-13-22(27(4,5)6)15-20-17-28(16-19(14-21)25(18)20)23-8-10-24(29-7)11-9-23/h8-15H,16-17H2,1-7H3. The summed E-state index contributed by atoms with van der Waals surface area (Å²) >= 11 is 0. The number of nitrogens with zero attached hydrogens (tertiary/aromatic N) is 1. The van der Waals surface area contributed by atoms with Gasteiger partial charge in [-0.15, -0.1) is 0 Å². The van der Waals surface area contributed by atoms with Crippen LogP contribution in [0.5, 0.6) is 5.75 Å². The zero-order chi connectivity index (χ0) is 21.0. The molecule has 0 bridgehead atoms. The molecule has 152 valence electrons. The fourth-order valence-electron chi connectivity index (χ4n) is 4.26. The lowest BCUT2D eigenvalue weighted by Crippen LogP contribution is -2.27. The van der Waals surface area contributed by atoms with Crippen molar-refractivity contribution in [3.05, 3.63) is 70.8 Å². The van der Waals surface area contributed by atoms with Crippen molar-refractivity contribution in [3.8, 4) is 5.75 Å². The van der Waals surface area contributed by atoms with Gasteiger partial charge in [-0.2, -0.15) is 0 Å². The topological polar surface area (TPSA) is 12.5 Å². The molecule has 0 fully saturated rings. The van der Waals surface area contributed by atoms with Crippen LogP contribution in [0.15, 0.2) is 48.5 Å². The summed E-state index contributed by atoms with van der Waals surface area (Å²) in [6.07, 6.45) is 0. The molecular weight excluding hydrogens is 354 g/mol. The quantitative estimate of drug-likeness (QED) is 0.471. The summed E-state index contributed by atoms with van der Waals surface area (Å²) < 4.78 is 5.35. The molecule has 1 aliphatic heterocycles. The summed E-state index contributed by atoms with van der Waals surface area (Å²) in [6, 6.07) is 18.1. The van der Waals surface area contributed by atoms with Crippen molar-refractivity contribution in [2.45, 2.75) is 65.5 Å². The van der Waals surface area contributed by atoms with Gasteiger partial charge in [0.25, 0.3) is 0 Å². The summed E-state index contributed by atoms with van der Waals surface area (Å²) in [7, 11) is 1.72. The fourth-order valence-corrected chi connectivity index (χ4v) is 4.26. The molecule has 0 saturated carbocycles. The summed E-state index contributed by atoms with van der Waals surface area (Å²) in [6.45, 7) is 15.7. The van der Waals surface area contributed by atoms with Crippen molar-refractivity contribution in [2.24, 2.45) is 0 Å². The van der Waals surface area contributed by atoms with Crippen LogP contribution < -0.4 is 9.64 Å². The molecule has 3 aromatic carbocycles. The molecule has 0 amide bonds. The van der Waals surface area contributed by atoms with Gasteiger partial charge < -0.3 is 9.64 Å². The normalized spacial score (nSPS) is 14.4. The summed E-state index contributed by atoms with van der Waals surface area (Å²) in [5.74, 6) is 0.901. The Morgan fingerprint density at radius 1 is 0.724 bits per heavy atom. The Morgan fingerprint density at radius 2 is 1.21 bits per heavy atom. The molecule has 0 spiro atoms. The lowest BCUT2D eigenvalue weighted by molar-refractivity contribution is 0.415. The monoisotopic (exact) mass is 387 g/mol. The van der Waals surface area contributed by atoms with E-state index in [0.29, 0.717) is 0 Å². The highest BCUT2D eigenvalue weighted by Crippen LogP contribution is 2.39. The van der Waals surface area contributed by atoms with Crippen molar-refractivity contribution < 1.29 is 4.74 Å². The van der Waals surface area contributed by atoms with Crippen LogP contribution in [0.25, 0.3) is 10.8 Å². The van der Waals surface area contributed by atoms with E-state index >= 15 is 0 Å². The number of anilines is 1. The number of hydrogen-bond acceptors (Lipinski definition) is 2. The predicted molar refractivity (Wildman–Crippen MR) is 124 cm³/mol. The Hall–Kier alpha value is -2.48. The molecule has 2 nitrogen and oxygen atoms in total. The zero-order valence-corrected chi connectivity index (χ0v) is 18.9. The van der Waals surface area contributed by atoms with Crippen LogP contribution in [0.3, 0.4) is 0 Å². The molecule has 0 atom stereocenters. The van der Waals surface area contributed by atoms with E-state index in [1.807, 2.05) is 0 Å². The third-order valence-electron chi connectivity index (χ3n) is 6.10. The Bertz CT molecular complexity index is 990. The van der Waals surface area contributed by atoms with Gasteiger partial charge in [-0.25, -0.2) is 0 Å². The average molecular weight is 388 g/mol. The van der Waals surface area contributed by atoms with Crippen LogP contribution in [0, 0.1) is 0 Å². The van der Waals surface area contributed by atoms with Crippen LogP contribution in [-0.4, -0.2) is 7.11 Å². The van der Waals surface area contributed by atoms with Gasteiger partial charge in [0.2, 0.25) is 0 Å². The third-order valence-corrected chi connectivity index (χ3v) is 6.10. The largest absolute Gasteiger partial charge is 0.497 e. The van der Waals surface area contributed by atoms with Gasteiger partial charge in [0, 0.05) is 18.8 Å². The van der Waals surface area contributed by atoms with Crippen LogP contribution in [0.1, 0.15) is 63.8 Å². The van der Waals surface area contributed by atoms with Gasteiger partial charge in [-0.1, -0.05) is 65.8 Å². The van der Waals surface area contributed by atoms with Gasteiger partial charge in [-0.3, -0.25) is 0 Å². The molecule has 1 heterocycles. The fraction of sp³-hybridized carbons (Fsp3) is 0.407. The number of methoxy groups -OCH3 is 1. The van der Waals surface area contributed by atoms with E-state index < -0.39 is 0 Å². The Morgan fingerprint density at radius 3 is 1.62 bits per heavy atom. The molecule has 1 aliphatic rings. The van der Waals surface area contributed by atoms with Gasteiger partial charge in [0.1, 0.15) is 5.75 Å². The number of rotatable bonds is 2. The minimum absolute atomic E-state index is 0.130. The summed E-state index contributed by atoms with van der Waals surface area (Å²) in [5.41, 5.74) is 7.19. The molecule has 0 aromatic heterocycles. The zero-order valence-electron chi connectivity index (χ0n) is 18.9. The van der Waals surface area contributed by atoms with E-state index in [1.165, 1.54) is 38.7 Å². The van der Waals surface area contributed by atoms with Gasteiger partial charge in [0.05, 0.1) is 7.11 Å². The smallest absolute Gasteiger partial charge is 0.119 e. The summed E-state index contributed by atoms with van der Waals surface area (Å²) in [4.78, 5) is 2.48. The minimum Gasteiger partial charge on any atom is -0.497 e. The van der Waals surface area contributed by atoms with Gasteiger partial charge in [-0.05, 0) is 68.1 Å². The first-order valence-electron chi connectivity index (χ1n) is 10.6. The highest BCUT2D eigenvalue weighted by Gasteiger charge is 2.25. The molecule has 0 unspecified atom stereocenters. The van der Waals surface area contributed by atoms with Gasteiger partial charge >= 0.3 is 0 Å². The van der Waals surface area contributed by atoms with E-state index in [1.54, 1.807) is 7.11 Å². The first-order chi connectivity index (χ1) is 13.6. The van der Waals surface area contributed by atoms with Crippen molar-refractivity contribution in [1.29, 1.82) is 0 Å². The van der Waals surface area contributed by atoms with Crippen molar-refractivity contribution in [1.82, 2.24) is 0 Å². The van der Waals surface area contributed by atoms with Crippen molar-refractivity contribution in [3.63, 3.8) is 0 Å². The van der Waals surface area contributed by atoms with E-state index in [2.05, 4.69) is 95.0 Å². The molecule has 0 saturated heterocycles. The molecule has 4 rings (SSSR count). The average Bonchev–Trinajstić information content (AvgIpc) is 2.66. The van der Waals surface area contributed by atoms with E-state index in [0.717, 1.165) is 18.8 Å². The van der Waals surface area contributed by atoms with Crippen molar-refractivity contribution in [2.75, 3.05) is 12.0 Å². The maximum Gasteiger partial charge on any atom is 0.119 e. The molecule has 29 heavy (non-hydrogen) atoms. The first kappa shape index (κ1) is 19.8. The second-order valence-electron chi connectivity index (χ2n) is 10.4. The third kappa shape index (κ3) is 3.73. The highest BCUT2D eigenvalue weighted by molar-refractivity contribution is 5.92. The maximum absolute atomic E-state index is 5.35. The molecule has 0 aliphatic carbocycles. The first-order valence-corrected chi connectivity index (χ1v) is 10.6. The van der Waals surface area contributed by atoms with Crippen LogP contribution in [-0.2, 0) is 23.9 Å². The SMILES string of the molecule is COc1ccc(N2Cc3cc(C(C)(C)C)cc4cc(C(C)(C)C)cc(c34)C2)cc1. The molecule has 3 aromatic rings. The second kappa shape index (κ2) is 6.79. The Balaban J connectivity index is 1.88. The molecule has 0 radical (unpaired) electrons. The second-order valence-corrected chi connectivity index (χ2v) is 10.4. The van der Waals surface area contributed by atoms with Crippen molar-refractivity contribution >= 4 is 16.5 Å². The summed E-state index contributed by atoms with van der Waals surface area (Å²) in [5, 5.41) is 2.85. The molecule has 2 heteroatoms. The maximum atomic E-state index is 5.35. The van der Waals surface area contributed by atoms with E-state index in [9.17, 15) is 0 Å². The minimum atomic E-state index is 0.130. The lowest BCUT2D eigenvalue weighted by Gasteiger charge is -2.34. The van der Waals surface area contributed by atoms with Crippen LogP contribution in [0.2, 0.25) is 0 Å². The lowest BCUT2D eigenvalue weighted by atomic mass is 9.79. The number of hydrogen-bond donors (Lipinski definition) is 0. The number of benzene rings is 3. The Labute approximate surface area is 175 Å². The highest BCUT2D eigenvalue weighted by atomic mass is 16.5. The molecule has 0 N–H and O–H groups in total. The van der Waals surface area contributed by atoms with Gasteiger partial charge in [0.15, 0.2) is 0 Å². The number of ether oxygens (including phenoxy) is 1. The molecular formula is C27H33NO. The van der Waals surface area contributed by atoms with Crippen LogP contribution >= 0.6 is 0 Å². The van der Waals surface area contributed by atoms with E-state index in [4.69, 9.17) is 4.74 Å². The van der Waals surface area contributed by atoms with Crippen LogP contribution in [0.4, 0.5) is 5.69 Å². The predicted octanol–water partition coefficient (Wildman–Crippen LogP) is 6.96.